The van der Waals surface area contributed by atoms with Gasteiger partial charge in [0.05, 0.1) is 14.2 Å². The standard InChI is InChI=1S/C20H21N3O3/c1-23-12-11-21-19(23)18(15-5-4-6-17(13-15)26-3)22-20(24)14-7-9-16(25-2)10-8-14/h4-13,18H,1-3H3,(H,22,24). The second-order valence-corrected chi connectivity index (χ2v) is 5.81. The molecule has 6 heteroatoms. The van der Waals surface area contributed by atoms with Crippen molar-refractivity contribution in [3.05, 3.63) is 77.9 Å². The Morgan fingerprint density at radius 1 is 1.08 bits per heavy atom. The number of nitrogens with one attached hydrogen (secondary N) is 1. The molecule has 26 heavy (non-hydrogen) atoms. The highest BCUT2D eigenvalue weighted by Gasteiger charge is 2.22. The van der Waals surface area contributed by atoms with Crippen LogP contribution in [0.1, 0.15) is 27.8 Å². The number of nitrogens with zero attached hydrogens (tertiary/aromatic N) is 2. The van der Waals surface area contributed by atoms with Crippen LogP contribution in [0.3, 0.4) is 0 Å². The minimum atomic E-state index is -0.403. The van der Waals surface area contributed by atoms with Crippen molar-refractivity contribution in [3.8, 4) is 11.5 Å². The summed E-state index contributed by atoms with van der Waals surface area (Å²) < 4.78 is 12.3. The summed E-state index contributed by atoms with van der Waals surface area (Å²) in [4.78, 5) is 17.2. The molecule has 0 aliphatic carbocycles. The van der Waals surface area contributed by atoms with Gasteiger partial charge in [0, 0.05) is 25.0 Å². The molecule has 2 aromatic carbocycles. The van der Waals surface area contributed by atoms with Crippen molar-refractivity contribution in [2.24, 2.45) is 7.05 Å². The summed E-state index contributed by atoms with van der Waals surface area (Å²) in [6.07, 6.45) is 3.56. The van der Waals surface area contributed by atoms with E-state index in [0.717, 1.165) is 17.1 Å². The number of methoxy groups -OCH3 is 2. The van der Waals surface area contributed by atoms with E-state index in [1.165, 1.54) is 0 Å². The van der Waals surface area contributed by atoms with E-state index in [1.54, 1.807) is 44.7 Å². The maximum absolute atomic E-state index is 12.8. The normalized spacial score (nSPS) is 11.7. The fraction of sp³-hybridized carbons (Fsp3) is 0.200. The first-order valence-corrected chi connectivity index (χ1v) is 8.18. The second-order valence-electron chi connectivity index (χ2n) is 5.81. The number of aromatic nitrogens is 2. The Bertz CT molecular complexity index is 887. The fourth-order valence-corrected chi connectivity index (χ4v) is 2.73. The number of aryl methyl sites for hydroxylation is 1. The van der Waals surface area contributed by atoms with E-state index in [2.05, 4.69) is 10.3 Å². The molecule has 1 atom stereocenters. The Balaban J connectivity index is 1.92. The van der Waals surface area contributed by atoms with Crippen LogP contribution in [-0.2, 0) is 7.05 Å². The minimum absolute atomic E-state index is 0.191. The lowest BCUT2D eigenvalue weighted by Crippen LogP contribution is -2.31. The highest BCUT2D eigenvalue weighted by molar-refractivity contribution is 5.94. The minimum Gasteiger partial charge on any atom is -0.497 e. The highest BCUT2D eigenvalue weighted by Crippen LogP contribution is 2.24. The van der Waals surface area contributed by atoms with Gasteiger partial charge in [-0.15, -0.1) is 0 Å². The molecule has 3 aromatic rings. The maximum Gasteiger partial charge on any atom is 0.252 e. The van der Waals surface area contributed by atoms with E-state index >= 15 is 0 Å². The number of hydrogen-bond donors (Lipinski definition) is 1. The van der Waals surface area contributed by atoms with Gasteiger partial charge in [0.1, 0.15) is 23.4 Å². The van der Waals surface area contributed by atoms with E-state index < -0.39 is 6.04 Å². The molecule has 1 heterocycles. The van der Waals surface area contributed by atoms with Crippen molar-refractivity contribution in [2.75, 3.05) is 14.2 Å². The number of hydrogen-bond acceptors (Lipinski definition) is 4. The van der Waals surface area contributed by atoms with E-state index in [-0.39, 0.29) is 5.91 Å². The molecule has 0 radical (unpaired) electrons. The number of imidazole rings is 1. The molecule has 0 aliphatic heterocycles. The van der Waals surface area contributed by atoms with Gasteiger partial charge in [0.25, 0.3) is 5.91 Å². The van der Waals surface area contributed by atoms with Crippen molar-refractivity contribution in [3.63, 3.8) is 0 Å². The lowest BCUT2D eigenvalue weighted by atomic mass is 10.0. The van der Waals surface area contributed by atoms with Gasteiger partial charge in [-0.2, -0.15) is 0 Å². The fourth-order valence-electron chi connectivity index (χ4n) is 2.73. The van der Waals surface area contributed by atoms with Crippen molar-refractivity contribution in [1.29, 1.82) is 0 Å². The summed E-state index contributed by atoms with van der Waals surface area (Å²) >= 11 is 0. The molecule has 0 spiro atoms. The van der Waals surface area contributed by atoms with Crippen LogP contribution in [0.4, 0.5) is 0 Å². The number of rotatable bonds is 6. The Kier molecular flexibility index (Phi) is 5.22. The van der Waals surface area contributed by atoms with Gasteiger partial charge < -0.3 is 19.4 Å². The van der Waals surface area contributed by atoms with Gasteiger partial charge in [0.2, 0.25) is 0 Å². The molecule has 1 amide bonds. The predicted molar refractivity (Wildman–Crippen MR) is 98.5 cm³/mol. The summed E-state index contributed by atoms with van der Waals surface area (Å²) in [5.41, 5.74) is 1.44. The first-order chi connectivity index (χ1) is 12.6. The van der Waals surface area contributed by atoms with Crippen LogP contribution in [0.2, 0.25) is 0 Å². The topological polar surface area (TPSA) is 65.4 Å². The Morgan fingerprint density at radius 3 is 2.42 bits per heavy atom. The molecular weight excluding hydrogens is 330 g/mol. The van der Waals surface area contributed by atoms with Gasteiger partial charge >= 0.3 is 0 Å². The first kappa shape index (κ1) is 17.5. The third-order valence-corrected chi connectivity index (χ3v) is 4.17. The zero-order valence-corrected chi connectivity index (χ0v) is 15.0. The zero-order chi connectivity index (χ0) is 18.5. The first-order valence-electron chi connectivity index (χ1n) is 8.18. The molecule has 0 bridgehead atoms. The van der Waals surface area contributed by atoms with E-state index in [9.17, 15) is 4.79 Å². The van der Waals surface area contributed by atoms with Crippen LogP contribution in [0.5, 0.6) is 11.5 Å². The molecule has 6 nitrogen and oxygen atoms in total. The number of carbonyl (C=O) groups excluding carboxylic acids is 1. The summed E-state index contributed by atoms with van der Waals surface area (Å²) in [5.74, 6) is 1.97. The van der Waals surface area contributed by atoms with Crippen LogP contribution in [-0.4, -0.2) is 29.7 Å². The number of amides is 1. The van der Waals surface area contributed by atoms with Crippen LogP contribution in [0.15, 0.2) is 60.9 Å². The van der Waals surface area contributed by atoms with Gasteiger partial charge in [-0.05, 0) is 42.0 Å². The van der Waals surface area contributed by atoms with E-state index in [1.807, 2.05) is 42.1 Å². The van der Waals surface area contributed by atoms with Gasteiger partial charge in [-0.3, -0.25) is 4.79 Å². The third-order valence-electron chi connectivity index (χ3n) is 4.17. The van der Waals surface area contributed by atoms with E-state index in [4.69, 9.17) is 9.47 Å². The number of ether oxygens (including phenoxy) is 2. The molecule has 1 aromatic heterocycles. The summed E-state index contributed by atoms with van der Waals surface area (Å²) in [5, 5.41) is 3.06. The van der Waals surface area contributed by atoms with Crippen LogP contribution in [0.25, 0.3) is 0 Å². The molecule has 134 valence electrons. The second kappa shape index (κ2) is 7.74. The molecule has 1 unspecified atom stereocenters. The van der Waals surface area contributed by atoms with Crippen LogP contribution < -0.4 is 14.8 Å². The largest absolute Gasteiger partial charge is 0.497 e. The van der Waals surface area contributed by atoms with Gasteiger partial charge in [0.15, 0.2) is 0 Å². The summed E-state index contributed by atoms with van der Waals surface area (Å²) in [6, 6.07) is 14.2. The predicted octanol–water partition coefficient (Wildman–Crippen LogP) is 2.96. The molecular formula is C20H21N3O3. The molecule has 1 N–H and O–H groups in total. The monoisotopic (exact) mass is 351 g/mol. The quantitative estimate of drug-likeness (QED) is 0.741. The Morgan fingerprint density at radius 2 is 1.81 bits per heavy atom. The lowest BCUT2D eigenvalue weighted by molar-refractivity contribution is 0.0941. The lowest BCUT2D eigenvalue weighted by Gasteiger charge is -2.20. The molecule has 0 saturated heterocycles. The maximum atomic E-state index is 12.8. The Labute approximate surface area is 152 Å². The van der Waals surface area contributed by atoms with Crippen LogP contribution in [0, 0.1) is 0 Å². The average Bonchev–Trinajstić information content (AvgIpc) is 3.11. The molecule has 0 saturated carbocycles. The Hall–Kier alpha value is -3.28. The van der Waals surface area contributed by atoms with Crippen molar-refractivity contribution < 1.29 is 14.3 Å². The van der Waals surface area contributed by atoms with Gasteiger partial charge in [-0.1, -0.05) is 12.1 Å². The van der Waals surface area contributed by atoms with Crippen molar-refractivity contribution in [1.82, 2.24) is 14.9 Å². The van der Waals surface area contributed by atoms with Crippen molar-refractivity contribution >= 4 is 5.91 Å². The summed E-state index contributed by atoms with van der Waals surface area (Å²) in [6.45, 7) is 0. The smallest absolute Gasteiger partial charge is 0.252 e. The van der Waals surface area contributed by atoms with Crippen molar-refractivity contribution in [2.45, 2.75) is 6.04 Å². The summed E-state index contributed by atoms with van der Waals surface area (Å²) in [7, 11) is 5.11. The van der Waals surface area contributed by atoms with E-state index in [0.29, 0.717) is 11.3 Å². The highest BCUT2D eigenvalue weighted by atomic mass is 16.5. The average molecular weight is 351 g/mol. The number of carbonyl (C=O) groups is 1. The molecule has 3 rings (SSSR count). The van der Waals surface area contributed by atoms with Gasteiger partial charge in [-0.25, -0.2) is 4.98 Å². The number of benzene rings is 2. The zero-order valence-electron chi connectivity index (χ0n) is 15.0. The molecule has 0 fully saturated rings. The van der Waals surface area contributed by atoms with Crippen LogP contribution >= 0.6 is 0 Å². The SMILES string of the molecule is COc1ccc(C(=O)NC(c2cccc(OC)c2)c2nccn2C)cc1. The molecule has 0 aliphatic rings. The third kappa shape index (κ3) is 3.69.